The first-order chi connectivity index (χ1) is 18.5. The molecule has 2 heterocycles. The summed E-state index contributed by atoms with van der Waals surface area (Å²) in [6, 6.07) is 7.15. The standard InChI is InChI=1S/C29H31Cl2FN2O5/c1-15-26(29(37)38)34(27(15)35)28(36)23-12-22(18-3-4-18)25(13-24(23)32)39-14-17-5-7-33(8-6-17)16(2)19-9-20(30)11-21(31)10-19/h9-13,15-18,26H,3-8,14H2,1-2H3,(H,37,38)/t15-,16?,26?/m1/s1. The number of benzene rings is 2. The number of hydrogen-bond acceptors (Lipinski definition) is 5. The largest absolute Gasteiger partial charge is 0.493 e. The van der Waals surface area contributed by atoms with Crippen molar-refractivity contribution >= 4 is 41.0 Å². The van der Waals surface area contributed by atoms with Gasteiger partial charge < -0.3 is 9.84 Å². The maximum absolute atomic E-state index is 15.1. The number of carboxylic acids is 1. The van der Waals surface area contributed by atoms with E-state index in [0.29, 0.717) is 33.2 Å². The summed E-state index contributed by atoms with van der Waals surface area (Å²) in [6.45, 7) is 5.78. The van der Waals surface area contributed by atoms with Gasteiger partial charge in [0.05, 0.1) is 18.1 Å². The van der Waals surface area contributed by atoms with E-state index in [0.717, 1.165) is 49.9 Å². The first kappa shape index (κ1) is 27.9. The number of imide groups is 1. The van der Waals surface area contributed by atoms with Crippen molar-refractivity contribution < 1.29 is 28.6 Å². The highest BCUT2D eigenvalue weighted by molar-refractivity contribution is 6.34. The molecule has 2 unspecified atom stereocenters. The number of ether oxygens (including phenoxy) is 1. The van der Waals surface area contributed by atoms with Gasteiger partial charge in [0.1, 0.15) is 17.6 Å². The third kappa shape index (κ3) is 5.65. The normalized spacial score (nSPS) is 22.9. The van der Waals surface area contributed by atoms with Gasteiger partial charge in [-0.15, -0.1) is 0 Å². The fourth-order valence-electron chi connectivity index (χ4n) is 5.63. The van der Waals surface area contributed by atoms with Crippen LogP contribution in [0, 0.1) is 17.7 Å². The summed E-state index contributed by atoms with van der Waals surface area (Å²) in [4.78, 5) is 39.8. The van der Waals surface area contributed by atoms with Crippen LogP contribution in [0.1, 0.15) is 73.0 Å². The van der Waals surface area contributed by atoms with Crippen molar-refractivity contribution in [1.82, 2.24) is 9.80 Å². The molecule has 0 spiro atoms. The van der Waals surface area contributed by atoms with Crippen LogP contribution < -0.4 is 4.74 Å². The SMILES string of the molecule is CC(c1cc(Cl)cc(Cl)c1)N1CCC(COc2cc(F)c(C(=O)N3C(=O)[C@H](C)C3C(=O)O)cc2C2CC2)CC1. The molecule has 5 rings (SSSR count). The molecule has 2 saturated heterocycles. The number of hydrogen-bond donors (Lipinski definition) is 1. The van der Waals surface area contributed by atoms with Gasteiger partial charge in [-0.2, -0.15) is 0 Å². The second kappa shape index (κ2) is 11.1. The molecule has 3 aliphatic rings. The van der Waals surface area contributed by atoms with E-state index in [-0.39, 0.29) is 17.5 Å². The summed E-state index contributed by atoms with van der Waals surface area (Å²) in [6.07, 6.45) is 3.64. The number of carboxylic acid groups (broad SMARTS) is 1. The number of nitrogens with zero attached hydrogens (tertiary/aromatic N) is 2. The van der Waals surface area contributed by atoms with Crippen LogP contribution in [0.15, 0.2) is 30.3 Å². The number of aliphatic carboxylic acids is 1. The molecule has 3 atom stereocenters. The molecule has 2 aromatic carbocycles. The minimum Gasteiger partial charge on any atom is -0.493 e. The summed E-state index contributed by atoms with van der Waals surface area (Å²) < 4.78 is 21.3. The smallest absolute Gasteiger partial charge is 0.327 e. The fraction of sp³-hybridized carbons (Fsp3) is 0.483. The first-order valence-electron chi connectivity index (χ1n) is 13.3. The number of amides is 2. The van der Waals surface area contributed by atoms with E-state index in [4.69, 9.17) is 27.9 Å². The Morgan fingerprint density at radius 2 is 1.72 bits per heavy atom. The molecule has 208 valence electrons. The van der Waals surface area contributed by atoms with Crippen LogP contribution in [0.5, 0.6) is 5.75 Å². The van der Waals surface area contributed by atoms with E-state index in [2.05, 4.69) is 11.8 Å². The van der Waals surface area contributed by atoms with E-state index in [1.54, 1.807) is 6.07 Å². The molecule has 2 amide bonds. The summed E-state index contributed by atoms with van der Waals surface area (Å²) in [5.41, 5.74) is 1.51. The Morgan fingerprint density at radius 1 is 1.08 bits per heavy atom. The number of halogens is 3. The van der Waals surface area contributed by atoms with Crippen LogP contribution in [0.2, 0.25) is 10.0 Å². The van der Waals surface area contributed by atoms with Crippen LogP contribution in [0.3, 0.4) is 0 Å². The monoisotopic (exact) mass is 576 g/mol. The van der Waals surface area contributed by atoms with Gasteiger partial charge in [-0.05, 0) is 92.9 Å². The maximum atomic E-state index is 15.1. The third-order valence-electron chi connectivity index (χ3n) is 8.24. The van der Waals surface area contributed by atoms with Crippen molar-refractivity contribution in [1.29, 1.82) is 0 Å². The Morgan fingerprint density at radius 3 is 2.31 bits per heavy atom. The fourth-order valence-corrected chi connectivity index (χ4v) is 6.17. The summed E-state index contributed by atoms with van der Waals surface area (Å²) in [5, 5.41) is 10.6. The number of carbonyl (C=O) groups excluding carboxylic acids is 2. The van der Waals surface area contributed by atoms with Gasteiger partial charge in [0.15, 0.2) is 0 Å². The van der Waals surface area contributed by atoms with Crippen molar-refractivity contribution in [2.45, 2.75) is 57.5 Å². The zero-order valence-electron chi connectivity index (χ0n) is 21.8. The van der Waals surface area contributed by atoms with Crippen molar-refractivity contribution in [3.63, 3.8) is 0 Å². The van der Waals surface area contributed by atoms with Gasteiger partial charge in [0.25, 0.3) is 5.91 Å². The highest BCUT2D eigenvalue weighted by Crippen LogP contribution is 2.46. The predicted molar refractivity (Wildman–Crippen MR) is 145 cm³/mol. The van der Waals surface area contributed by atoms with Crippen molar-refractivity contribution in [2.75, 3.05) is 19.7 Å². The Hall–Kier alpha value is -2.68. The molecule has 1 N–H and O–H groups in total. The molecule has 1 aliphatic carbocycles. The molecule has 7 nitrogen and oxygen atoms in total. The number of β-lactam (4-membered cyclic amide) rings is 1. The quantitative estimate of drug-likeness (QED) is 0.309. The molecule has 10 heteroatoms. The Bertz CT molecular complexity index is 1290. The lowest BCUT2D eigenvalue weighted by atomic mass is 9.88. The second-order valence-electron chi connectivity index (χ2n) is 10.9. The van der Waals surface area contributed by atoms with E-state index in [1.165, 1.54) is 19.1 Å². The molecule has 2 aliphatic heterocycles. The van der Waals surface area contributed by atoms with Gasteiger partial charge in [0.2, 0.25) is 5.91 Å². The lowest BCUT2D eigenvalue weighted by molar-refractivity contribution is -0.165. The topological polar surface area (TPSA) is 87.2 Å². The van der Waals surface area contributed by atoms with Crippen LogP contribution >= 0.6 is 23.2 Å². The lowest BCUT2D eigenvalue weighted by Crippen LogP contribution is -2.65. The molecule has 0 aromatic heterocycles. The Balaban J connectivity index is 1.23. The number of piperidine rings is 1. The summed E-state index contributed by atoms with van der Waals surface area (Å²) in [7, 11) is 0. The van der Waals surface area contributed by atoms with Gasteiger partial charge in [-0.1, -0.05) is 30.1 Å². The van der Waals surface area contributed by atoms with E-state index in [9.17, 15) is 19.5 Å². The maximum Gasteiger partial charge on any atom is 0.327 e. The Kier molecular flexibility index (Phi) is 7.91. The summed E-state index contributed by atoms with van der Waals surface area (Å²) >= 11 is 12.4. The summed E-state index contributed by atoms with van der Waals surface area (Å²) in [5.74, 6) is -3.59. The van der Waals surface area contributed by atoms with Gasteiger partial charge in [-0.25, -0.2) is 9.18 Å². The predicted octanol–water partition coefficient (Wildman–Crippen LogP) is 5.93. The second-order valence-corrected chi connectivity index (χ2v) is 11.8. The molecule has 39 heavy (non-hydrogen) atoms. The number of rotatable bonds is 8. The van der Waals surface area contributed by atoms with E-state index in [1.807, 2.05) is 12.1 Å². The average Bonchev–Trinajstić information content (AvgIpc) is 3.74. The first-order valence-corrected chi connectivity index (χ1v) is 14.1. The van der Waals surface area contributed by atoms with Crippen molar-refractivity contribution in [3.05, 3.63) is 62.9 Å². The molecule has 3 fully saturated rings. The molecule has 1 saturated carbocycles. The van der Waals surface area contributed by atoms with Crippen LogP contribution in [0.4, 0.5) is 4.39 Å². The van der Waals surface area contributed by atoms with Gasteiger partial charge >= 0.3 is 5.97 Å². The van der Waals surface area contributed by atoms with Crippen LogP contribution in [0.25, 0.3) is 0 Å². The van der Waals surface area contributed by atoms with Gasteiger partial charge in [-0.3, -0.25) is 19.4 Å². The molecule has 0 radical (unpaired) electrons. The highest BCUT2D eigenvalue weighted by Gasteiger charge is 2.53. The molecule has 2 aromatic rings. The van der Waals surface area contributed by atoms with E-state index < -0.39 is 35.6 Å². The number of carbonyl (C=O) groups is 3. The Labute approximate surface area is 236 Å². The third-order valence-corrected chi connectivity index (χ3v) is 8.67. The zero-order chi connectivity index (χ0) is 28.0. The van der Waals surface area contributed by atoms with Crippen molar-refractivity contribution in [3.8, 4) is 5.75 Å². The van der Waals surface area contributed by atoms with Crippen LogP contribution in [-0.4, -0.2) is 58.4 Å². The molecular weight excluding hydrogens is 546 g/mol. The van der Waals surface area contributed by atoms with E-state index >= 15 is 4.39 Å². The minimum absolute atomic E-state index is 0.153. The molecule has 0 bridgehead atoms. The van der Waals surface area contributed by atoms with Crippen molar-refractivity contribution in [2.24, 2.45) is 11.8 Å². The number of likely N-dealkylation sites (tertiary alicyclic amines) is 2. The minimum atomic E-state index is -1.28. The van der Waals surface area contributed by atoms with Gasteiger partial charge in [0, 0.05) is 22.2 Å². The molecular formula is C29H31Cl2FN2O5. The van der Waals surface area contributed by atoms with Crippen LogP contribution in [-0.2, 0) is 9.59 Å². The highest BCUT2D eigenvalue weighted by atomic mass is 35.5. The lowest BCUT2D eigenvalue weighted by Gasteiger charge is -2.41. The zero-order valence-corrected chi connectivity index (χ0v) is 23.3. The average molecular weight is 577 g/mol.